The van der Waals surface area contributed by atoms with Crippen molar-refractivity contribution in [3.05, 3.63) is 17.8 Å². The van der Waals surface area contributed by atoms with Gasteiger partial charge >= 0.3 is 0 Å². The molecule has 1 unspecified atom stereocenters. The molecule has 0 amide bonds. The number of aliphatic hydroxyl groups excluding tert-OH is 1. The zero-order valence-electron chi connectivity index (χ0n) is 10.5. The lowest BCUT2D eigenvalue weighted by atomic mass is 10.1. The minimum atomic E-state index is -0.0480. The Morgan fingerprint density at radius 3 is 2.76 bits per heavy atom. The summed E-state index contributed by atoms with van der Waals surface area (Å²) in [4.78, 5) is 4.66. The fourth-order valence-corrected chi connectivity index (χ4v) is 2.20. The maximum absolute atomic E-state index is 8.93. The fourth-order valence-electron chi connectivity index (χ4n) is 2.20. The van der Waals surface area contributed by atoms with Gasteiger partial charge in [-0.3, -0.25) is 4.90 Å². The maximum atomic E-state index is 8.93. The van der Waals surface area contributed by atoms with Crippen molar-refractivity contribution < 1.29 is 5.11 Å². The van der Waals surface area contributed by atoms with Gasteiger partial charge in [-0.2, -0.15) is 5.10 Å². The Balaban J connectivity index is 2.06. The third kappa shape index (κ3) is 2.73. The predicted octanol–water partition coefficient (Wildman–Crippen LogP) is 0.499. The maximum Gasteiger partial charge on any atom is 0.151 e. The molecule has 0 radical (unpaired) electrons. The van der Waals surface area contributed by atoms with E-state index in [2.05, 4.69) is 34.0 Å². The molecule has 94 valence electrons. The van der Waals surface area contributed by atoms with E-state index in [9.17, 15) is 0 Å². The van der Waals surface area contributed by atoms with Crippen LogP contribution in [0, 0.1) is 0 Å². The Labute approximate surface area is 102 Å². The lowest BCUT2D eigenvalue weighted by Gasteiger charge is -2.39. The molecule has 5 nitrogen and oxygen atoms in total. The molecule has 1 aromatic rings. The Morgan fingerprint density at radius 1 is 1.35 bits per heavy atom. The highest BCUT2D eigenvalue weighted by molar-refractivity contribution is 5.38. The van der Waals surface area contributed by atoms with Crippen LogP contribution >= 0.6 is 0 Å². The normalized spacial score (nSPS) is 21.8. The van der Waals surface area contributed by atoms with Crippen molar-refractivity contribution in [2.45, 2.75) is 26.0 Å². The first-order valence-electron chi connectivity index (χ1n) is 6.13. The van der Waals surface area contributed by atoms with Crippen LogP contribution in [0.2, 0.25) is 0 Å². The topological polar surface area (TPSA) is 52.5 Å². The average Bonchev–Trinajstić information content (AvgIpc) is 2.39. The summed E-state index contributed by atoms with van der Waals surface area (Å²) < 4.78 is 0. The van der Waals surface area contributed by atoms with Gasteiger partial charge in [-0.05, 0) is 25.6 Å². The van der Waals surface area contributed by atoms with E-state index in [1.807, 2.05) is 12.1 Å². The highest BCUT2D eigenvalue weighted by atomic mass is 16.3. The van der Waals surface area contributed by atoms with Crippen molar-refractivity contribution >= 4 is 5.82 Å². The highest BCUT2D eigenvalue weighted by Gasteiger charge is 2.23. The van der Waals surface area contributed by atoms with E-state index in [-0.39, 0.29) is 6.61 Å². The Kier molecular flexibility index (Phi) is 3.91. The van der Waals surface area contributed by atoms with Crippen LogP contribution in [-0.2, 0) is 6.61 Å². The molecule has 5 heteroatoms. The van der Waals surface area contributed by atoms with Gasteiger partial charge in [0, 0.05) is 25.7 Å². The second-order valence-corrected chi connectivity index (χ2v) is 4.53. The third-order valence-corrected chi connectivity index (χ3v) is 3.44. The van der Waals surface area contributed by atoms with E-state index in [0.29, 0.717) is 11.7 Å². The van der Waals surface area contributed by atoms with Gasteiger partial charge in [0.15, 0.2) is 5.82 Å². The first kappa shape index (κ1) is 12.3. The van der Waals surface area contributed by atoms with E-state index in [0.717, 1.165) is 31.9 Å². The summed E-state index contributed by atoms with van der Waals surface area (Å²) in [6, 6.07) is 4.36. The molecular formula is C12H20N4O. The molecule has 1 fully saturated rings. The van der Waals surface area contributed by atoms with Gasteiger partial charge in [-0.25, -0.2) is 0 Å². The highest BCUT2D eigenvalue weighted by Crippen LogP contribution is 2.17. The van der Waals surface area contributed by atoms with Crippen LogP contribution in [0.4, 0.5) is 5.82 Å². The quantitative estimate of drug-likeness (QED) is 0.828. The summed E-state index contributed by atoms with van der Waals surface area (Å²) in [5.41, 5.74) is 0.620. The molecule has 17 heavy (non-hydrogen) atoms. The monoisotopic (exact) mass is 236 g/mol. The second kappa shape index (κ2) is 5.42. The zero-order chi connectivity index (χ0) is 12.3. The first-order valence-corrected chi connectivity index (χ1v) is 6.13. The minimum absolute atomic E-state index is 0.0480. The number of piperazine rings is 1. The zero-order valence-corrected chi connectivity index (χ0v) is 10.5. The molecule has 1 atom stereocenters. The summed E-state index contributed by atoms with van der Waals surface area (Å²) in [6.07, 6.45) is 1.15. The van der Waals surface area contributed by atoms with E-state index in [4.69, 9.17) is 5.11 Å². The molecule has 0 spiro atoms. The van der Waals surface area contributed by atoms with Crippen molar-refractivity contribution in [1.82, 2.24) is 15.1 Å². The number of likely N-dealkylation sites (N-methyl/N-ethyl adjacent to an activating group) is 1. The van der Waals surface area contributed by atoms with Gasteiger partial charge in [0.1, 0.15) is 0 Å². The van der Waals surface area contributed by atoms with E-state index >= 15 is 0 Å². The van der Waals surface area contributed by atoms with Crippen LogP contribution in [0.25, 0.3) is 0 Å². The molecule has 1 aromatic heterocycles. The smallest absolute Gasteiger partial charge is 0.151 e. The first-order chi connectivity index (χ1) is 8.24. The lowest BCUT2D eigenvalue weighted by molar-refractivity contribution is 0.212. The van der Waals surface area contributed by atoms with Crippen molar-refractivity contribution in [2.24, 2.45) is 0 Å². The van der Waals surface area contributed by atoms with E-state index in [1.54, 1.807) is 0 Å². The molecule has 2 rings (SSSR count). The van der Waals surface area contributed by atoms with Crippen molar-refractivity contribution in [3.63, 3.8) is 0 Å². The SMILES string of the molecule is CCC1CN(c2ccc(CO)nn2)CCN1C. The number of hydrogen-bond acceptors (Lipinski definition) is 5. The van der Waals surface area contributed by atoms with Gasteiger partial charge in [0.25, 0.3) is 0 Å². The van der Waals surface area contributed by atoms with Crippen LogP contribution in [0.1, 0.15) is 19.0 Å². The second-order valence-electron chi connectivity index (χ2n) is 4.53. The van der Waals surface area contributed by atoms with Gasteiger partial charge in [-0.1, -0.05) is 6.92 Å². The van der Waals surface area contributed by atoms with E-state index < -0.39 is 0 Å². The Hall–Kier alpha value is -1.20. The summed E-state index contributed by atoms with van der Waals surface area (Å²) in [5.74, 6) is 0.911. The number of anilines is 1. The molecule has 0 bridgehead atoms. The van der Waals surface area contributed by atoms with Crippen LogP contribution in [0.3, 0.4) is 0 Å². The fraction of sp³-hybridized carbons (Fsp3) is 0.667. The van der Waals surface area contributed by atoms with Crippen molar-refractivity contribution in [3.8, 4) is 0 Å². The molecule has 2 heterocycles. The third-order valence-electron chi connectivity index (χ3n) is 3.44. The molecule has 1 aliphatic heterocycles. The van der Waals surface area contributed by atoms with Crippen LogP contribution < -0.4 is 4.90 Å². The number of nitrogens with zero attached hydrogens (tertiary/aromatic N) is 4. The Bertz CT molecular complexity index is 354. The summed E-state index contributed by atoms with van der Waals surface area (Å²) in [5, 5.41) is 17.1. The molecule has 1 aliphatic rings. The molecule has 1 N–H and O–H groups in total. The van der Waals surface area contributed by atoms with Crippen LogP contribution in [0.5, 0.6) is 0 Å². The molecule has 0 saturated carbocycles. The molecule has 0 aliphatic carbocycles. The van der Waals surface area contributed by atoms with Gasteiger partial charge in [-0.15, -0.1) is 5.10 Å². The number of hydrogen-bond donors (Lipinski definition) is 1. The molecule has 0 aromatic carbocycles. The predicted molar refractivity (Wildman–Crippen MR) is 66.9 cm³/mol. The number of aliphatic hydroxyl groups is 1. The van der Waals surface area contributed by atoms with Crippen molar-refractivity contribution in [2.75, 3.05) is 31.6 Å². The lowest BCUT2D eigenvalue weighted by Crippen LogP contribution is -2.51. The summed E-state index contributed by atoms with van der Waals surface area (Å²) in [6.45, 7) is 5.21. The molecule has 1 saturated heterocycles. The van der Waals surface area contributed by atoms with Gasteiger partial charge < -0.3 is 10.0 Å². The van der Waals surface area contributed by atoms with Crippen LogP contribution in [0.15, 0.2) is 12.1 Å². The van der Waals surface area contributed by atoms with Crippen molar-refractivity contribution in [1.29, 1.82) is 0 Å². The minimum Gasteiger partial charge on any atom is -0.390 e. The van der Waals surface area contributed by atoms with Gasteiger partial charge in [0.05, 0.1) is 12.3 Å². The van der Waals surface area contributed by atoms with Gasteiger partial charge in [0.2, 0.25) is 0 Å². The summed E-state index contributed by atoms with van der Waals surface area (Å²) in [7, 11) is 2.17. The largest absolute Gasteiger partial charge is 0.390 e. The summed E-state index contributed by atoms with van der Waals surface area (Å²) >= 11 is 0. The average molecular weight is 236 g/mol. The Morgan fingerprint density at radius 2 is 2.18 bits per heavy atom. The number of rotatable bonds is 3. The van der Waals surface area contributed by atoms with Crippen LogP contribution in [-0.4, -0.2) is 52.9 Å². The number of aromatic nitrogens is 2. The molecular weight excluding hydrogens is 216 g/mol. The van der Waals surface area contributed by atoms with E-state index in [1.165, 1.54) is 0 Å². The standard InChI is InChI=1S/C12H20N4O/c1-3-11-8-16(7-6-15(11)2)12-5-4-10(9-17)13-14-12/h4-5,11,17H,3,6-9H2,1-2H3.